The molecule has 9 heteroatoms. The maximum atomic E-state index is 14.8. The van der Waals surface area contributed by atoms with E-state index in [1.807, 2.05) is 18.7 Å². The third-order valence-corrected chi connectivity index (χ3v) is 6.27. The van der Waals surface area contributed by atoms with Crippen molar-refractivity contribution in [2.45, 2.75) is 64.6 Å². The summed E-state index contributed by atoms with van der Waals surface area (Å²) in [7, 11) is 0. The van der Waals surface area contributed by atoms with Gasteiger partial charge in [-0.3, -0.25) is 4.99 Å². The van der Waals surface area contributed by atoms with Crippen LogP contribution in [0.3, 0.4) is 0 Å². The first-order chi connectivity index (χ1) is 15.9. The highest BCUT2D eigenvalue weighted by atomic mass is 19.1. The smallest absolute Gasteiger partial charge is 0.410 e. The molecule has 0 aromatic heterocycles. The van der Waals surface area contributed by atoms with Gasteiger partial charge in [0.05, 0.1) is 17.5 Å². The lowest BCUT2D eigenvalue weighted by Crippen LogP contribution is -2.41. The van der Waals surface area contributed by atoms with Crippen LogP contribution in [0.5, 0.6) is 0 Å². The molecule has 0 aliphatic carbocycles. The fraction of sp³-hybridized carbons (Fsp3) is 0.625. The van der Waals surface area contributed by atoms with Crippen LogP contribution in [0.25, 0.3) is 0 Å². The molecule has 3 aliphatic rings. The van der Waals surface area contributed by atoms with E-state index in [9.17, 15) is 13.6 Å². The molecule has 0 atom stereocenters. The summed E-state index contributed by atoms with van der Waals surface area (Å²) in [5, 5.41) is 4.33. The van der Waals surface area contributed by atoms with Gasteiger partial charge in [-0.05, 0) is 32.8 Å². The second-order valence-corrected chi connectivity index (χ2v) is 9.08. The molecule has 4 rings (SSSR count). The standard InChI is InChI=1S/C24H32F2N4O3/c1-16(2)32-24(31)30-12-7-18(8-13-30)33-28-17-5-10-29(11-6-17)23-15-20(25)19(14-21(23)26)22-4-3-9-27-22/h14-16,18H,3-13H2,1-2H3. The Morgan fingerprint density at radius 3 is 2.45 bits per heavy atom. The molecule has 1 aromatic carbocycles. The molecule has 0 spiro atoms. The lowest BCUT2D eigenvalue weighted by atomic mass is 10.0. The average Bonchev–Trinajstić information content (AvgIpc) is 3.34. The molecule has 1 aromatic rings. The zero-order chi connectivity index (χ0) is 23.4. The number of carbonyl (C=O) groups is 1. The summed E-state index contributed by atoms with van der Waals surface area (Å²) < 4.78 is 34.6. The Kier molecular flexibility index (Phi) is 7.45. The quantitative estimate of drug-likeness (QED) is 0.603. The van der Waals surface area contributed by atoms with Gasteiger partial charge in [-0.25, -0.2) is 13.6 Å². The second kappa shape index (κ2) is 10.5. The van der Waals surface area contributed by atoms with E-state index in [0.717, 1.165) is 12.1 Å². The van der Waals surface area contributed by atoms with Gasteiger partial charge in [0.15, 0.2) is 0 Å². The zero-order valence-electron chi connectivity index (χ0n) is 19.4. The third kappa shape index (κ3) is 5.81. The average molecular weight is 463 g/mol. The van der Waals surface area contributed by atoms with E-state index in [1.165, 1.54) is 12.1 Å². The number of anilines is 1. The molecule has 2 saturated heterocycles. The number of halogens is 2. The van der Waals surface area contributed by atoms with Gasteiger partial charge in [0, 0.05) is 75.7 Å². The van der Waals surface area contributed by atoms with E-state index in [1.54, 1.807) is 4.90 Å². The third-order valence-electron chi connectivity index (χ3n) is 6.27. The van der Waals surface area contributed by atoms with Crippen molar-refractivity contribution in [3.8, 4) is 0 Å². The molecular formula is C24H32F2N4O3. The van der Waals surface area contributed by atoms with Gasteiger partial charge in [-0.15, -0.1) is 0 Å². The number of benzene rings is 1. The van der Waals surface area contributed by atoms with Crippen molar-refractivity contribution in [1.29, 1.82) is 0 Å². The summed E-state index contributed by atoms with van der Waals surface area (Å²) in [6.45, 7) is 6.63. The normalized spacial score (nSPS) is 19.7. The molecule has 0 radical (unpaired) electrons. The van der Waals surface area contributed by atoms with Gasteiger partial charge in [0.1, 0.15) is 17.7 Å². The van der Waals surface area contributed by atoms with Crippen LogP contribution in [-0.2, 0) is 9.57 Å². The van der Waals surface area contributed by atoms with Crippen molar-refractivity contribution >= 4 is 23.2 Å². The van der Waals surface area contributed by atoms with Crippen molar-refractivity contribution in [1.82, 2.24) is 4.90 Å². The Balaban J connectivity index is 1.26. The number of piperidine rings is 2. The predicted molar refractivity (Wildman–Crippen MR) is 123 cm³/mol. The largest absolute Gasteiger partial charge is 0.447 e. The number of hydrogen-bond donors (Lipinski definition) is 0. The second-order valence-electron chi connectivity index (χ2n) is 9.08. The number of hydrogen-bond acceptors (Lipinski definition) is 6. The minimum Gasteiger partial charge on any atom is -0.447 e. The van der Waals surface area contributed by atoms with Crippen LogP contribution in [0.2, 0.25) is 0 Å². The Morgan fingerprint density at radius 2 is 1.82 bits per heavy atom. The number of rotatable bonds is 5. The van der Waals surface area contributed by atoms with E-state index in [2.05, 4.69) is 10.1 Å². The molecule has 2 fully saturated rings. The molecule has 0 N–H and O–H groups in total. The van der Waals surface area contributed by atoms with Crippen molar-refractivity contribution in [2.24, 2.45) is 10.1 Å². The van der Waals surface area contributed by atoms with Crippen LogP contribution in [0.1, 0.15) is 57.9 Å². The molecule has 3 aliphatic heterocycles. The fourth-order valence-electron chi connectivity index (χ4n) is 4.43. The Morgan fingerprint density at radius 1 is 1.09 bits per heavy atom. The van der Waals surface area contributed by atoms with Crippen LogP contribution in [0, 0.1) is 11.6 Å². The molecule has 0 saturated carbocycles. The van der Waals surface area contributed by atoms with E-state index < -0.39 is 11.6 Å². The Bertz CT molecular complexity index is 917. The molecule has 3 heterocycles. The van der Waals surface area contributed by atoms with Gasteiger partial charge in [-0.1, -0.05) is 5.16 Å². The molecule has 7 nitrogen and oxygen atoms in total. The molecular weight excluding hydrogens is 430 g/mol. The maximum absolute atomic E-state index is 14.8. The van der Waals surface area contributed by atoms with Crippen LogP contribution in [0.15, 0.2) is 22.3 Å². The minimum absolute atomic E-state index is 0.0313. The lowest BCUT2D eigenvalue weighted by molar-refractivity contribution is 0.00415. The highest BCUT2D eigenvalue weighted by Gasteiger charge is 2.26. The number of ether oxygens (including phenoxy) is 1. The minimum atomic E-state index is -0.418. The van der Waals surface area contributed by atoms with E-state index in [4.69, 9.17) is 9.57 Å². The predicted octanol–water partition coefficient (Wildman–Crippen LogP) is 4.53. The Hall–Kier alpha value is -2.71. The monoisotopic (exact) mass is 462 g/mol. The number of nitrogens with zero attached hydrogens (tertiary/aromatic N) is 4. The first-order valence-electron chi connectivity index (χ1n) is 11.9. The van der Waals surface area contributed by atoms with Crippen molar-refractivity contribution in [3.63, 3.8) is 0 Å². The van der Waals surface area contributed by atoms with Crippen molar-refractivity contribution < 1.29 is 23.1 Å². The number of likely N-dealkylation sites (tertiary alicyclic amines) is 1. The van der Waals surface area contributed by atoms with Crippen LogP contribution in [-0.4, -0.2) is 67.3 Å². The fourth-order valence-corrected chi connectivity index (χ4v) is 4.43. The van der Waals surface area contributed by atoms with E-state index >= 15 is 0 Å². The maximum Gasteiger partial charge on any atom is 0.410 e. The van der Waals surface area contributed by atoms with E-state index in [0.29, 0.717) is 70.5 Å². The number of oxime groups is 1. The van der Waals surface area contributed by atoms with Gasteiger partial charge in [0.25, 0.3) is 0 Å². The van der Waals surface area contributed by atoms with Gasteiger partial charge < -0.3 is 19.4 Å². The van der Waals surface area contributed by atoms with Crippen molar-refractivity contribution in [2.75, 3.05) is 37.6 Å². The van der Waals surface area contributed by atoms with Gasteiger partial charge in [-0.2, -0.15) is 0 Å². The molecule has 1 amide bonds. The summed E-state index contributed by atoms with van der Waals surface area (Å²) in [4.78, 5) is 25.5. The van der Waals surface area contributed by atoms with Crippen LogP contribution >= 0.6 is 0 Å². The number of carbonyl (C=O) groups excluding carboxylic acids is 1. The number of amides is 1. The summed E-state index contributed by atoms with van der Waals surface area (Å²) in [5.41, 5.74) is 2.15. The summed E-state index contributed by atoms with van der Waals surface area (Å²) >= 11 is 0. The molecule has 33 heavy (non-hydrogen) atoms. The van der Waals surface area contributed by atoms with Gasteiger partial charge in [0.2, 0.25) is 0 Å². The highest BCUT2D eigenvalue weighted by Crippen LogP contribution is 2.28. The topological polar surface area (TPSA) is 66.7 Å². The first-order valence-corrected chi connectivity index (χ1v) is 11.9. The van der Waals surface area contributed by atoms with Crippen LogP contribution in [0.4, 0.5) is 19.3 Å². The summed E-state index contributed by atoms with van der Waals surface area (Å²) in [6.07, 6.45) is 3.82. The molecule has 180 valence electrons. The SMILES string of the molecule is CC(C)OC(=O)N1CCC(ON=C2CCN(c3cc(F)c(C4=NCCC4)cc3F)CC2)CC1. The summed E-state index contributed by atoms with van der Waals surface area (Å²) in [6, 6.07) is 2.58. The first kappa shape index (κ1) is 23.4. The summed E-state index contributed by atoms with van der Waals surface area (Å²) in [5.74, 6) is -0.834. The Labute approximate surface area is 193 Å². The lowest BCUT2D eigenvalue weighted by Gasteiger charge is -2.32. The highest BCUT2D eigenvalue weighted by molar-refractivity contribution is 6.02. The van der Waals surface area contributed by atoms with E-state index in [-0.39, 0.29) is 29.6 Å². The van der Waals surface area contributed by atoms with Crippen LogP contribution < -0.4 is 4.90 Å². The zero-order valence-corrected chi connectivity index (χ0v) is 19.4. The number of aliphatic imine (C=N–C) groups is 1. The van der Waals surface area contributed by atoms with Crippen molar-refractivity contribution in [3.05, 3.63) is 29.3 Å². The molecule has 0 bridgehead atoms. The molecule has 0 unspecified atom stereocenters. The van der Waals surface area contributed by atoms with Gasteiger partial charge >= 0.3 is 6.09 Å².